The first-order valence-corrected chi connectivity index (χ1v) is 8.53. The molecule has 24 heavy (non-hydrogen) atoms. The number of anilines is 1. The summed E-state index contributed by atoms with van der Waals surface area (Å²) in [5, 5.41) is 16.1. The van der Waals surface area contributed by atoms with Crippen LogP contribution in [0.2, 0.25) is 0 Å². The van der Waals surface area contributed by atoms with Crippen molar-refractivity contribution in [3.63, 3.8) is 0 Å². The Morgan fingerprint density at radius 1 is 1.33 bits per heavy atom. The van der Waals surface area contributed by atoms with Crippen molar-refractivity contribution in [3.8, 4) is 16.2 Å². The summed E-state index contributed by atoms with van der Waals surface area (Å²) < 4.78 is 5.36. The monoisotopic (exact) mass is 342 g/mol. The molecule has 2 N–H and O–H groups in total. The van der Waals surface area contributed by atoms with E-state index in [9.17, 15) is 4.79 Å². The van der Waals surface area contributed by atoms with Crippen LogP contribution < -0.4 is 10.1 Å². The molecule has 2 heterocycles. The zero-order valence-electron chi connectivity index (χ0n) is 13.3. The number of hydrogen-bond acceptors (Lipinski definition) is 5. The van der Waals surface area contributed by atoms with Gasteiger partial charge in [0.2, 0.25) is 0 Å². The van der Waals surface area contributed by atoms with E-state index in [1.54, 1.807) is 18.4 Å². The molecule has 0 aliphatic rings. The Balaban J connectivity index is 1.97. The van der Waals surface area contributed by atoms with Crippen molar-refractivity contribution < 1.29 is 14.6 Å². The summed E-state index contributed by atoms with van der Waals surface area (Å²) in [4.78, 5) is 16.3. The van der Waals surface area contributed by atoms with Gasteiger partial charge in [0.1, 0.15) is 11.6 Å². The molecule has 0 bridgehead atoms. The molecule has 0 aliphatic heterocycles. The van der Waals surface area contributed by atoms with Gasteiger partial charge in [-0.2, -0.15) is 0 Å². The molecule has 0 saturated heterocycles. The van der Waals surface area contributed by atoms with Crippen molar-refractivity contribution in [2.45, 2.75) is 12.8 Å². The summed E-state index contributed by atoms with van der Waals surface area (Å²) in [7, 11) is 1.65. The maximum absolute atomic E-state index is 10.6. The van der Waals surface area contributed by atoms with E-state index in [2.05, 4.69) is 16.4 Å². The summed E-state index contributed by atoms with van der Waals surface area (Å²) in [6.45, 7) is 0.568. The van der Waals surface area contributed by atoms with E-state index in [-0.39, 0.29) is 6.42 Å². The quantitative estimate of drug-likeness (QED) is 0.628. The first-order chi connectivity index (χ1) is 11.7. The van der Waals surface area contributed by atoms with Crippen LogP contribution in [0.15, 0.2) is 41.9 Å². The lowest BCUT2D eigenvalue weighted by Gasteiger charge is -2.12. The van der Waals surface area contributed by atoms with Crippen molar-refractivity contribution in [2.75, 3.05) is 19.0 Å². The van der Waals surface area contributed by atoms with Crippen molar-refractivity contribution in [3.05, 3.63) is 41.9 Å². The van der Waals surface area contributed by atoms with Crippen molar-refractivity contribution >= 4 is 33.9 Å². The number of aliphatic carboxylic acids is 1. The second kappa shape index (κ2) is 7.31. The van der Waals surface area contributed by atoms with Crippen LogP contribution in [-0.2, 0) is 4.79 Å². The highest BCUT2D eigenvalue weighted by atomic mass is 32.1. The number of aromatic nitrogens is 1. The molecular formula is C18H18N2O3S. The maximum Gasteiger partial charge on any atom is 0.303 e. The lowest BCUT2D eigenvalue weighted by Crippen LogP contribution is -2.06. The van der Waals surface area contributed by atoms with Crippen LogP contribution in [0.1, 0.15) is 12.8 Å². The second-order valence-corrected chi connectivity index (χ2v) is 6.28. The average Bonchev–Trinajstić information content (AvgIpc) is 3.12. The lowest BCUT2D eigenvalue weighted by atomic mass is 10.1. The average molecular weight is 342 g/mol. The minimum Gasteiger partial charge on any atom is -0.497 e. The number of pyridine rings is 1. The van der Waals surface area contributed by atoms with E-state index < -0.39 is 5.97 Å². The number of rotatable bonds is 7. The number of carboxylic acid groups (broad SMARTS) is 1. The highest BCUT2D eigenvalue weighted by molar-refractivity contribution is 7.13. The molecule has 3 rings (SSSR count). The fourth-order valence-electron chi connectivity index (χ4n) is 2.56. The largest absolute Gasteiger partial charge is 0.497 e. The number of carbonyl (C=O) groups is 1. The van der Waals surface area contributed by atoms with Crippen LogP contribution in [0.4, 0.5) is 5.82 Å². The van der Waals surface area contributed by atoms with E-state index in [0.717, 1.165) is 32.8 Å². The van der Waals surface area contributed by atoms with E-state index in [4.69, 9.17) is 9.84 Å². The molecule has 0 atom stereocenters. The van der Waals surface area contributed by atoms with Gasteiger partial charge in [0.15, 0.2) is 0 Å². The highest BCUT2D eigenvalue weighted by Crippen LogP contribution is 2.35. The van der Waals surface area contributed by atoms with Crippen molar-refractivity contribution in [1.82, 2.24) is 4.98 Å². The third-order valence-electron chi connectivity index (χ3n) is 3.74. The number of nitrogens with one attached hydrogen (secondary N) is 1. The molecule has 0 spiro atoms. The molecule has 0 fully saturated rings. The number of methoxy groups -OCH3 is 1. The maximum atomic E-state index is 10.6. The van der Waals surface area contributed by atoms with Crippen LogP contribution in [0.25, 0.3) is 21.2 Å². The summed E-state index contributed by atoms with van der Waals surface area (Å²) in [6.07, 6.45) is 2.56. The number of nitrogens with zero attached hydrogens (tertiary/aromatic N) is 1. The first kappa shape index (κ1) is 16.3. The zero-order valence-corrected chi connectivity index (χ0v) is 14.1. The third-order valence-corrected chi connectivity index (χ3v) is 4.64. The Hall–Kier alpha value is -2.60. The van der Waals surface area contributed by atoms with Crippen LogP contribution in [0.5, 0.6) is 5.75 Å². The van der Waals surface area contributed by atoms with Gasteiger partial charge in [0, 0.05) is 35.0 Å². The van der Waals surface area contributed by atoms with E-state index in [1.807, 2.05) is 35.8 Å². The normalized spacial score (nSPS) is 10.7. The Bertz CT molecular complexity index is 847. The molecule has 0 radical (unpaired) electrons. The van der Waals surface area contributed by atoms with Crippen molar-refractivity contribution in [2.24, 2.45) is 0 Å². The number of carboxylic acids is 1. The number of benzene rings is 1. The van der Waals surface area contributed by atoms with Crippen LogP contribution in [0.3, 0.4) is 0 Å². The zero-order chi connectivity index (χ0) is 16.9. The van der Waals surface area contributed by atoms with E-state index >= 15 is 0 Å². The molecule has 0 saturated carbocycles. The van der Waals surface area contributed by atoms with E-state index in [1.165, 1.54) is 0 Å². The summed E-state index contributed by atoms with van der Waals surface area (Å²) in [5.41, 5.74) is 1.06. The topological polar surface area (TPSA) is 71.5 Å². The molecule has 5 nitrogen and oxygen atoms in total. The molecule has 0 unspecified atom stereocenters. The predicted molar refractivity (Wildman–Crippen MR) is 97.0 cm³/mol. The number of ether oxygens (including phenoxy) is 1. The Morgan fingerprint density at radius 2 is 2.21 bits per heavy atom. The molecule has 3 aromatic rings. The lowest BCUT2D eigenvalue weighted by molar-refractivity contribution is -0.137. The van der Waals surface area contributed by atoms with Crippen LogP contribution in [-0.4, -0.2) is 29.7 Å². The predicted octanol–water partition coefficient (Wildman–Crippen LogP) is 4.25. The highest BCUT2D eigenvalue weighted by Gasteiger charge is 2.11. The molecule has 2 aromatic heterocycles. The van der Waals surface area contributed by atoms with Gasteiger partial charge in [-0.3, -0.25) is 4.79 Å². The van der Waals surface area contributed by atoms with Gasteiger partial charge < -0.3 is 15.2 Å². The number of fused-ring (bicyclic) bond motifs is 1. The number of thiophene rings is 1. The van der Waals surface area contributed by atoms with E-state index in [0.29, 0.717) is 13.0 Å². The van der Waals surface area contributed by atoms with Gasteiger partial charge in [-0.15, -0.1) is 11.3 Å². The van der Waals surface area contributed by atoms with Gasteiger partial charge in [0.05, 0.1) is 7.11 Å². The fraction of sp³-hybridized carbons (Fsp3) is 0.222. The van der Waals surface area contributed by atoms with Gasteiger partial charge in [0.25, 0.3) is 0 Å². The molecule has 0 aliphatic carbocycles. The van der Waals surface area contributed by atoms with Gasteiger partial charge >= 0.3 is 5.97 Å². The Morgan fingerprint density at radius 3 is 2.92 bits per heavy atom. The second-order valence-electron chi connectivity index (χ2n) is 5.33. The third kappa shape index (κ3) is 3.49. The molecule has 124 valence electrons. The van der Waals surface area contributed by atoms with Gasteiger partial charge in [-0.05, 0) is 41.5 Å². The smallest absolute Gasteiger partial charge is 0.303 e. The SMILES string of the molecule is COc1ccc2c(NCCCC(=O)O)ncc(-c3cccs3)c2c1. The molecule has 0 amide bonds. The minimum atomic E-state index is -0.785. The van der Waals surface area contributed by atoms with Gasteiger partial charge in [-0.1, -0.05) is 6.07 Å². The molecule has 1 aromatic carbocycles. The van der Waals surface area contributed by atoms with Crippen LogP contribution in [0, 0.1) is 0 Å². The fourth-order valence-corrected chi connectivity index (χ4v) is 3.31. The molecule has 6 heteroatoms. The van der Waals surface area contributed by atoms with Gasteiger partial charge in [-0.25, -0.2) is 4.98 Å². The summed E-state index contributed by atoms with van der Waals surface area (Å²) in [6, 6.07) is 9.99. The minimum absolute atomic E-state index is 0.145. The summed E-state index contributed by atoms with van der Waals surface area (Å²) in [5.74, 6) is 0.772. The Kier molecular flexibility index (Phi) is 4.96. The van der Waals surface area contributed by atoms with Crippen LogP contribution >= 0.6 is 11.3 Å². The summed E-state index contributed by atoms with van der Waals surface area (Å²) >= 11 is 1.67. The van der Waals surface area contributed by atoms with Crippen molar-refractivity contribution in [1.29, 1.82) is 0 Å². The standard InChI is InChI=1S/C18H18N2O3S/c1-23-12-6-7-13-14(10-12)15(16-4-3-9-24-16)11-20-18(13)19-8-2-5-17(21)22/h3-4,6-7,9-11H,2,5,8H2,1H3,(H,19,20)(H,21,22). The first-order valence-electron chi connectivity index (χ1n) is 7.65. The Labute approximate surface area is 143 Å². The molecular weight excluding hydrogens is 324 g/mol. The number of hydrogen-bond donors (Lipinski definition) is 2.